The van der Waals surface area contributed by atoms with Crippen molar-refractivity contribution in [3.05, 3.63) is 42.0 Å². The third kappa shape index (κ3) is 4.94. The summed E-state index contributed by atoms with van der Waals surface area (Å²) in [4.78, 5) is 0. The van der Waals surface area contributed by atoms with Crippen LogP contribution in [0.2, 0.25) is 0 Å². The monoisotopic (exact) mass is 440 g/mol. The van der Waals surface area contributed by atoms with Gasteiger partial charge in [0.25, 0.3) is 0 Å². The second-order valence-electron chi connectivity index (χ2n) is 4.54. The highest BCUT2D eigenvalue weighted by Gasteiger charge is 2.50. The van der Waals surface area contributed by atoms with Crippen molar-refractivity contribution in [2.45, 2.75) is 17.9 Å². The third-order valence-corrected chi connectivity index (χ3v) is 4.70. The highest BCUT2D eigenvalue weighted by atomic mass is 32.2. The van der Waals surface area contributed by atoms with E-state index in [1.165, 1.54) is 0 Å². The molecule has 14 heteroatoms. The van der Waals surface area contributed by atoms with E-state index in [1.807, 2.05) is 0 Å². The van der Waals surface area contributed by atoms with Gasteiger partial charge in [-0.3, -0.25) is 0 Å². The Morgan fingerprint density at radius 1 is 1.00 bits per heavy atom. The van der Waals surface area contributed by atoms with Crippen LogP contribution in [-0.4, -0.2) is 27.9 Å². The second-order valence-corrected chi connectivity index (χ2v) is 7.62. The lowest BCUT2D eigenvalue weighted by Gasteiger charge is -2.17. The predicted molar refractivity (Wildman–Crippen MR) is 81.8 cm³/mol. The maximum absolute atomic E-state index is 12.5. The maximum atomic E-state index is 12.5. The largest absolute Gasteiger partial charge is 0.534 e. The Morgan fingerprint density at radius 2 is 1.52 bits per heavy atom. The van der Waals surface area contributed by atoms with Crippen LogP contribution in [0.1, 0.15) is 18.1 Å². The molecule has 0 fully saturated rings. The summed E-state index contributed by atoms with van der Waals surface area (Å²) in [7, 11) is -12.2. The molecular formula is C13H10F6O6S2. The van der Waals surface area contributed by atoms with Crippen LogP contribution in [0, 0.1) is 0 Å². The van der Waals surface area contributed by atoms with Gasteiger partial charge in [0.2, 0.25) is 0 Å². The van der Waals surface area contributed by atoms with Crippen molar-refractivity contribution >= 4 is 32.1 Å². The number of hydrogen-bond donors (Lipinski definition) is 0. The van der Waals surface area contributed by atoms with Crippen molar-refractivity contribution in [2.75, 3.05) is 0 Å². The molecule has 0 saturated heterocycles. The van der Waals surface area contributed by atoms with E-state index in [0.29, 0.717) is 0 Å². The van der Waals surface area contributed by atoms with Crippen molar-refractivity contribution in [3.63, 3.8) is 0 Å². The van der Waals surface area contributed by atoms with Gasteiger partial charge in [0, 0.05) is 11.1 Å². The van der Waals surface area contributed by atoms with Crippen molar-refractivity contribution in [3.8, 4) is 5.75 Å². The van der Waals surface area contributed by atoms with Crippen LogP contribution in [0.25, 0.3) is 11.8 Å². The van der Waals surface area contributed by atoms with Gasteiger partial charge in [-0.05, 0) is 19.1 Å². The Hall–Kier alpha value is -2.22. The Labute approximate surface area is 149 Å². The number of benzene rings is 1. The maximum Gasteiger partial charge on any atom is 0.534 e. The van der Waals surface area contributed by atoms with E-state index in [0.717, 1.165) is 37.3 Å². The lowest BCUT2D eigenvalue weighted by atomic mass is 10.0. The van der Waals surface area contributed by atoms with Gasteiger partial charge in [0.1, 0.15) is 5.76 Å². The standard InChI is InChI=1S/C13H10F6O6S2/c1-3-8-9(10(4-2)24-26(20,21)12(14,15)16)6-5-7-11(8)25-27(22,23)13(17,18)19/h3-7H,1H2,2H3/b10-4+. The molecule has 0 aliphatic heterocycles. The number of rotatable bonds is 6. The van der Waals surface area contributed by atoms with Crippen LogP contribution < -0.4 is 4.18 Å². The summed E-state index contributed by atoms with van der Waals surface area (Å²) in [6, 6.07) is 2.64. The smallest absolute Gasteiger partial charge is 0.376 e. The van der Waals surface area contributed by atoms with Crippen LogP contribution in [0.15, 0.2) is 30.9 Å². The third-order valence-electron chi connectivity index (χ3n) is 2.76. The number of hydrogen-bond acceptors (Lipinski definition) is 6. The molecule has 0 aliphatic carbocycles. The molecule has 1 aromatic carbocycles. The molecule has 0 unspecified atom stereocenters. The molecule has 152 valence electrons. The number of alkyl halides is 6. The lowest BCUT2D eigenvalue weighted by Crippen LogP contribution is -2.28. The van der Waals surface area contributed by atoms with Crippen molar-refractivity contribution in [2.24, 2.45) is 0 Å². The summed E-state index contributed by atoms with van der Waals surface area (Å²) in [6.45, 7) is 4.27. The van der Waals surface area contributed by atoms with E-state index in [9.17, 15) is 43.2 Å². The van der Waals surface area contributed by atoms with E-state index in [-0.39, 0.29) is 0 Å². The summed E-state index contributed by atoms with van der Waals surface area (Å²) in [6.07, 6.45) is 1.53. The predicted octanol–water partition coefficient (Wildman–Crippen LogP) is 3.79. The fourth-order valence-corrected chi connectivity index (χ4v) is 2.61. The minimum Gasteiger partial charge on any atom is -0.376 e. The summed E-state index contributed by atoms with van der Waals surface area (Å²) < 4.78 is 127. The van der Waals surface area contributed by atoms with E-state index in [4.69, 9.17) is 0 Å². The Morgan fingerprint density at radius 3 is 1.93 bits per heavy atom. The molecule has 0 amide bonds. The molecule has 0 bridgehead atoms. The zero-order valence-electron chi connectivity index (χ0n) is 13.1. The molecular weight excluding hydrogens is 430 g/mol. The first-order valence-electron chi connectivity index (χ1n) is 6.51. The van der Waals surface area contributed by atoms with Gasteiger partial charge in [-0.1, -0.05) is 24.8 Å². The summed E-state index contributed by atoms with van der Waals surface area (Å²) in [5, 5.41) is 0. The number of halogens is 6. The quantitative estimate of drug-likeness (QED) is 0.290. The van der Waals surface area contributed by atoms with Gasteiger partial charge in [-0.15, -0.1) is 0 Å². The molecule has 1 rings (SSSR count). The van der Waals surface area contributed by atoms with Crippen molar-refractivity contribution in [1.82, 2.24) is 0 Å². The van der Waals surface area contributed by atoms with E-state index in [2.05, 4.69) is 14.9 Å². The van der Waals surface area contributed by atoms with Crippen LogP contribution in [0.4, 0.5) is 26.3 Å². The topological polar surface area (TPSA) is 86.7 Å². The van der Waals surface area contributed by atoms with Crippen molar-refractivity contribution < 1.29 is 51.5 Å². The summed E-state index contributed by atoms with van der Waals surface area (Å²) in [5.74, 6) is -1.88. The first kappa shape index (κ1) is 22.8. The van der Waals surface area contributed by atoms with E-state index in [1.54, 1.807) is 0 Å². The number of allylic oxidation sites excluding steroid dienone is 1. The molecule has 0 N–H and O–H groups in total. The lowest BCUT2D eigenvalue weighted by molar-refractivity contribution is -0.0511. The molecule has 0 radical (unpaired) electrons. The van der Waals surface area contributed by atoms with Crippen LogP contribution in [0.5, 0.6) is 5.75 Å². The highest BCUT2D eigenvalue weighted by molar-refractivity contribution is 7.88. The molecule has 6 nitrogen and oxygen atoms in total. The molecule has 0 spiro atoms. The molecule has 0 aliphatic rings. The normalized spacial score (nSPS) is 14.0. The Bertz CT molecular complexity index is 958. The van der Waals surface area contributed by atoms with E-state index >= 15 is 0 Å². The molecule has 1 aromatic rings. The Balaban J connectivity index is 3.49. The average molecular weight is 440 g/mol. The van der Waals surface area contributed by atoms with E-state index < -0.39 is 53.9 Å². The summed E-state index contributed by atoms with van der Waals surface area (Å²) >= 11 is 0. The average Bonchev–Trinajstić information content (AvgIpc) is 2.49. The molecule has 0 aromatic heterocycles. The minimum absolute atomic E-state index is 0.504. The van der Waals surface area contributed by atoms with Gasteiger partial charge in [-0.2, -0.15) is 43.2 Å². The van der Waals surface area contributed by atoms with Gasteiger partial charge in [0.15, 0.2) is 5.75 Å². The minimum atomic E-state index is -6.10. The fraction of sp³-hybridized carbons (Fsp3) is 0.231. The van der Waals surface area contributed by atoms with Gasteiger partial charge < -0.3 is 8.37 Å². The zero-order chi connectivity index (χ0) is 21.3. The SMILES string of the molecule is C=Cc1c(OS(=O)(=O)C(F)(F)F)cccc1/C(=C\C)OS(=O)(=O)C(F)(F)F. The molecule has 0 saturated carbocycles. The fourth-order valence-electron chi connectivity index (χ4n) is 1.62. The molecule has 0 atom stereocenters. The molecule has 0 heterocycles. The van der Waals surface area contributed by atoms with Crippen LogP contribution >= 0.6 is 0 Å². The first-order chi connectivity index (χ1) is 12.1. The Kier molecular flexibility index (Phi) is 6.27. The van der Waals surface area contributed by atoms with Gasteiger partial charge >= 0.3 is 31.3 Å². The summed E-state index contributed by atoms with van der Waals surface area (Å²) in [5.41, 5.74) is -12.6. The molecule has 27 heavy (non-hydrogen) atoms. The van der Waals surface area contributed by atoms with Crippen LogP contribution in [-0.2, 0) is 24.4 Å². The van der Waals surface area contributed by atoms with Crippen LogP contribution in [0.3, 0.4) is 0 Å². The first-order valence-corrected chi connectivity index (χ1v) is 9.32. The van der Waals surface area contributed by atoms with Crippen molar-refractivity contribution in [1.29, 1.82) is 0 Å². The zero-order valence-corrected chi connectivity index (χ0v) is 14.8. The van der Waals surface area contributed by atoms with Gasteiger partial charge in [-0.25, -0.2) is 0 Å². The second kappa shape index (κ2) is 7.42. The highest BCUT2D eigenvalue weighted by Crippen LogP contribution is 2.36. The van der Waals surface area contributed by atoms with Gasteiger partial charge in [0.05, 0.1) is 0 Å².